The SMILES string of the molecule is NC(=S)c1ccc(NCCC(=O)NC2CC2)cc1Cl. The van der Waals surface area contributed by atoms with Crippen LogP contribution in [0.25, 0.3) is 0 Å². The minimum atomic E-state index is 0.0841. The first kappa shape index (κ1) is 14.1. The van der Waals surface area contributed by atoms with Crippen LogP contribution in [0.3, 0.4) is 0 Å². The Balaban J connectivity index is 1.80. The molecule has 1 amide bonds. The molecule has 4 nitrogen and oxygen atoms in total. The Kier molecular flexibility index (Phi) is 4.61. The zero-order valence-corrected chi connectivity index (χ0v) is 12.0. The molecule has 0 aliphatic heterocycles. The minimum Gasteiger partial charge on any atom is -0.389 e. The fraction of sp³-hybridized carbons (Fsp3) is 0.385. The fourth-order valence-electron chi connectivity index (χ4n) is 1.67. The van der Waals surface area contributed by atoms with Crippen LogP contribution in [0.15, 0.2) is 18.2 Å². The van der Waals surface area contributed by atoms with Crippen LogP contribution in [0.2, 0.25) is 5.02 Å². The molecule has 0 bridgehead atoms. The third kappa shape index (κ3) is 4.36. The lowest BCUT2D eigenvalue weighted by Gasteiger charge is -2.09. The number of nitrogens with one attached hydrogen (secondary N) is 2. The average molecular weight is 298 g/mol. The number of rotatable bonds is 6. The number of benzene rings is 1. The Morgan fingerprint density at radius 3 is 2.79 bits per heavy atom. The van der Waals surface area contributed by atoms with Crippen LogP contribution in [-0.2, 0) is 4.79 Å². The summed E-state index contributed by atoms with van der Waals surface area (Å²) in [6.07, 6.45) is 2.66. The highest BCUT2D eigenvalue weighted by Crippen LogP contribution is 2.21. The van der Waals surface area contributed by atoms with Crippen LogP contribution in [0.1, 0.15) is 24.8 Å². The van der Waals surface area contributed by atoms with Crippen molar-refractivity contribution in [3.63, 3.8) is 0 Å². The summed E-state index contributed by atoms with van der Waals surface area (Å²) in [5.74, 6) is 0.0841. The Bertz CT molecular complexity index is 503. The Labute approximate surface area is 122 Å². The predicted molar refractivity (Wildman–Crippen MR) is 81.6 cm³/mol. The highest BCUT2D eigenvalue weighted by atomic mass is 35.5. The number of hydrogen-bond acceptors (Lipinski definition) is 3. The van der Waals surface area contributed by atoms with Gasteiger partial charge in [0, 0.05) is 30.3 Å². The number of carbonyl (C=O) groups is 1. The van der Waals surface area contributed by atoms with Crippen LogP contribution in [0.5, 0.6) is 0 Å². The molecule has 0 unspecified atom stereocenters. The van der Waals surface area contributed by atoms with E-state index in [0.717, 1.165) is 18.5 Å². The number of anilines is 1. The molecule has 4 N–H and O–H groups in total. The molecule has 1 fully saturated rings. The lowest BCUT2D eigenvalue weighted by atomic mass is 10.2. The van der Waals surface area contributed by atoms with Crippen LogP contribution in [-0.4, -0.2) is 23.5 Å². The topological polar surface area (TPSA) is 67.1 Å². The fourth-order valence-corrected chi connectivity index (χ4v) is 2.19. The van der Waals surface area contributed by atoms with Crippen molar-refractivity contribution in [2.24, 2.45) is 5.73 Å². The molecule has 0 atom stereocenters. The van der Waals surface area contributed by atoms with Gasteiger partial charge in [-0.3, -0.25) is 4.79 Å². The molecule has 0 heterocycles. The van der Waals surface area contributed by atoms with Gasteiger partial charge in [-0.25, -0.2) is 0 Å². The number of thiocarbonyl (C=S) groups is 1. The smallest absolute Gasteiger partial charge is 0.221 e. The van der Waals surface area contributed by atoms with Gasteiger partial charge in [0.1, 0.15) is 4.99 Å². The molecule has 6 heteroatoms. The minimum absolute atomic E-state index is 0.0841. The van der Waals surface area contributed by atoms with E-state index in [4.69, 9.17) is 29.6 Å². The van der Waals surface area contributed by atoms with Gasteiger partial charge in [-0.2, -0.15) is 0 Å². The van der Waals surface area contributed by atoms with E-state index in [1.807, 2.05) is 6.07 Å². The van der Waals surface area contributed by atoms with Crippen molar-refractivity contribution in [1.29, 1.82) is 0 Å². The van der Waals surface area contributed by atoms with Gasteiger partial charge in [-0.05, 0) is 31.0 Å². The van der Waals surface area contributed by atoms with E-state index in [9.17, 15) is 4.79 Å². The zero-order valence-electron chi connectivity index (χ0n) is 10.4. The number of nitrogens with two attached hydrogens (primary N) is 1. The van der Waals surface area contributed by atoms with Gasteiger partial charge in [-0.15, -0.1) is 0 Å². The summed E-state index contributed by atoms with van der Waals surface area (Å²) < 4.78 is 0. The van der Waals surface area contributed by atoms with E-state index in [0.29, 0.717) is 29.6 Å². The maximum absolute atomic E-state index is 11.5. The molecule has 0 spiro atoms. The second kappa shape index (κ2) is 6.21. The van der Waals surface area contributed by atoms with Crippen molar-refractivity contribution in [3.05, 3.63) is 28.8 Å². The van der Waals surface area contributed by atoms with E-state index in [1.54, 1.807) is 12.1 Å². The molecular weight excluding hydrogens is 282 g/mol. The third-order valence-electron chi connectivity index (χ3n) is 2.86. The van der Waals surface area contributed by atoms with Gasteiger partial charge >= 0.3 is 0 Å². The predicted octanol–water partition coefficient (Wildman–Crippen LogP) is 2.05. The quantitative estimate of drug-likeness (QED) is 0.703. The number of hydrogen-bond donors (Lipinski definition) is 3. The van der Waals surface area contributed by atoms with Crippen molar-refractivity contribution in [3.8, 4) is 0 Å². The molecule has 0 radical (unpaired) electrons. The molecule has 19 heavy (non-hydrogen) atoms. The second-order valence-electron chi connectivity index (χ2n) is 4.58. The summed E-state index contributed by atoms with van der Waals surface area (Å²) in [5, 5.41) is 6.60. The second-order valence-corrected chi connectivity index (χ2v) is 5.42. The highest BCUT2D eigenvalue weighted by molar-refractivity contribution is 7.80. The number of halogens is 1. The zero-order chi connectivity index (χ0) is 13.8. The first-order chi connectivity index (χ1) is 9.06. The molecule has 0 saturated heterocycles. The highest BCUT2D eigenvalue weighted by Gasteiger charge is 2.22. The summed E-state index contributed by atoms with van der Waals surface area (Å²) in [6.45, 7) is 0.571. The van der Waals surface area contributed by atoms with E-state index >= 15 is 0 Å². The number of amides is 1. The van der Waals surface area contributed by atoms with Crippen LogP contribution in [0, 0.1) is 0 Å². The monoisotopic (exact) mass is 297 g/mol. The van der Waals surface area contributed by atoms with Gasteiger partial charge in [0.25, 0.3) is 0 Å². The summed E-state index contributed by atoms with van der Waals surface area (Å²) in [4.78, 5) is 11.8. The summed E-state index contributed by atoms with van der Waals surface area (Å²) in [6, 6.07) is 5.79. The van der Waals surface area contributed by atoms with Crippen LogP contribution in [0.4, 0.5) is 5.69 Å². The van der Waals surface area contributed by atoms with Crippen molar-refractivity contribution >= 4 is 40.4 Å². The van der Waals surface area contributed by atoms with Gasteiger partial charge in [0.15, 0.2) is 0 Å². The van der Waals surface area contributed by atoms with E-state index in [-0.39, 0.29) is 10.9 Å². The van der Waals surface area contributed by atoms with E-state index in [1.165, 1.54) is 0 Å². The van der Waals surface area contributed by atoms with Gasteiger partial charge in [0.2, 0.25) is 5.91 Å². The largest absolute Gasteiger partial charge is 0.389 e. The molecule has 1 aromatic rings. The first-order valence-corrected chi connectivity index (χ1v) is 6.97. The normalized spacial score (nSPS) is 13.9. The van der Waals surface area contributed by atoms with Crippen LogP contribution >= 0.6 is 23.8 Å². The molecule has 0 aromatic heterocycles. The molecule has 102 valence electrons. The maximum Gasteiger partial charge on any atom is 0.221 e. The lowest BCUT2D eigenvalue weighted by molar-refractivity contribution is -0.120. The van der Waals surface area contributed by atoms with Gasteiger partial charge in [0.05, 0.1) is 5.02 Å². The molecule has 2 rings (SSSR count). The van der Waals surface area contributed by atoms with E-state index in [2.05, 4.69) is 10.6 Å². The first-order valence-electron chi connectivity index (χ1n) is 6.19. The Morgan fingerprint density at radius 1 is 1.47 bits per heavy atom. The standard InChI is InChI=1S/C13H16ClN3OS/c14-11-7-9(3-4-10(11)13(15)19)16-6-5-12(18)17-8-1-2-8/h3-4,7-8,16H,1-2,5-6H2,(H2,15,19)(H,17,18). The number of carbonyl (C=O) groups excluding carboxylic acids is 1. The summed E-state index contributed by atoms with van der Waals surface area (Å²) in [7, 11) is 0. The average Bonchev–Trinajstić information content (AvgIpc) is 3.12. The molecule has 1 aromatic carbocycles. The van der Waals surface area contributed by atoms with Gasteiger partial charge in [-0.1, -0.05) is 23.8 Å². The van der Waals surface area contributed by atoms with Crippen molar-refractivity contribution in [2.75, 3.05) is 11.9 Å². The Hall–Kier alpha value is -1.33. The Morgan fingerprint density at radius 2 is 2.21 bits per heavy atom. The third-order valence-corrected chi connectivity index (χ3v) is 3.39. The maximum atomic E-state index is 11.5. The van der Waals surface area contributed by atoms with Crippen molar-refractivity contribution < 1.29 is 4.79 Å². The molecule has 1 aliphatic carbocycles. The van der Waals surface area contributed by atoms with Crippen LogP contribution < -0.4 is 16.4 Å². The van der Waals surface area contributed by atoms with Crippen molar-refractivity contribution in [2.45, 2.75) is 25.3 Å². The summed E-state index contributed by atoms with van der Waals surface area (Å²) >= 11 is 10.9. The van der Waals surface area contributed by atoms with E-state index < -0.39 is 0 Å². The molecule has 1 saturated carbocycles. The van der Waals surface area contributed by atoms with Crippen molar-refractivity contribution in [1.82, 2.24) is 5.32 Å². The lowest BCUT2D eigenvalue weighted by Crippen LogP contribution is -2.27. The molecule has 1 aliphatic rings. The summed E-state index contributed by atoms with van der Waals surface area (Å²) in [5.41, 5.74) is 7.04. The molecular formula is C13H16ClN3OS. The van der Waals surface area contributed by atoms with Gasteiger partial charge < -0.3 is 16.4 Å².